The smallest absolute Gasteiger partial charge is 0.145 e. The summed E-state index contributed by atoms with van der Waals surface area (Å²) in [5.74, 6) is 0.761. The molecule has 1 N–H and O–H groups in total. The third-order valence-corrected chi connectivity index (χ3v) is 4.26. The van der Waals surface area contributed by atoms with Gasteiger partial charge in [-0.2, -0.15) is 0 Å². The van der Waals surface area contributed by atoms with E-state index < -0.39 is 0 Å². The van der Waals surface area contributed by atoms with Crippen LogP contribution in [0.4, 0.5) is 5.82 Å². The van der Waals surface area contributed by atoms with Crippen LogP contribution in [0.1, 0.15) is 12.1 Å². The monoisotopic (exact) mass is 336 g/mol. The van der Waals surface area contributed by atoms with Gasteiger partial charge in [-0.1, -0.05) is 18.2 Å². The molecule has 0 saturated carbocycles. The molecule has 6 heteroatoms. The van der Waals surface area contributed by atoms with Gasteiger partial charge in [-0.3, -0.25) is 9.97 Å². The van der Waals surface area contributed by atoms with Gasteiger partial charge in [-0.05, 0) is 30.7 Å². The summed E-state index contributed by atoms with van der Waals surface area (Å²) < 4.78 is 11.6. The highest BCUT2D eigenvalue weighted by atomic mass is 16.5. The molecule has 3 heterocycles. The van der Waals surface area contributed by atoms with Gasteiger partial charge < -0.3 is 14.8 Å². The molecule has 1 saturated heterocycles. The van der Waals surface area contributed by atoms with Crippen molar-refractivity contribution in [3.05, 3.63) is 60.6 Å². The van der Waals surface area contributed by atoms with Crippen molar-refractivity contribution in [2.24, 2.45) is 0 Å². The van der Waals surface area contributed by atoms with Crippen molar-refractivity contribution in [1.29, 1.82) is 0 Å². The van der Waals surface area contributed by atoms with Crippen LogP contribution in [0.2, 0.25) is 0 Å². The van der Waals surface area contributed by atoms with Crippen LogP contribution in [-0.2, 0) is 16.1 Å². The van der Waals surface area contributed by atoms with E-state index in [4.69, 9.17) is 9.47 Å². The fourth-order valence-corrected chi connectivity index (χ4v) is 2.93. The molecule has 1 fully saturated rings. The van der Waals surface area contributed by atoms with Gasteiger partial charge in [0.15, 0.2) is 0 Å². The quantitative estimate of drug-likeness (QED) is 0.773. The lowest BCUT2D eigenvalue weighted by Crippen LogP contribution is -2.43. The zero-order chi connectivity index (χ0) is 16.9. The lowest BCUT2D eigenvalue weighted by Gasteiger charge is -2.32. The Morgan fingerprint density at radius 3 is 2.84 bits per heavy atom. The molecule has 6 nitrogen and oxygen atoms in total. The topological polar surface area (TPSA) is 69.2 Å². The molecule has 0 spiro atoms. The van der Waals surface area contributed by atoms with Gasteiger partial charge in [0.05, 0.1) is 42.2 Å². The number of pyridine rings is 1. The molecule has 2 atom stereocenters. The maximum absolute atomic E-state index is 6.04. The van der Waals surface area contributed by atoms with Gasteiger partial charge in [-0.15, -0.1) is 0 Å². The summed E-state index contributed by atoms with van der Waals surface area (Å²) in [6.07, 6.45) is 4.36. The number of hydrogen-bond acceptors (Lipinski definition) is 6. The number of anilines is 1. The number of nitrogens with zero attached hydrogens (tertiary/aromatic N) is 3. The summed E-state index contributed by atoms with van der Waals surface area (Å²) in [6, 6.07) is 13.8. The molecule has 128 valence electrons. The molecule has 4 rings (SSSR count). The van der Waals surface area contributed by atoms with Gasteiger partial charge >= 0.3 is 0 Å². The predicted octanol–water partition coefficient (Wildman–Crippen LogP) is 2.81. The number of ether oxygens (including phenoxy) is 2. The van der Waals surface area contributed by atoms with Crippen LogP contribution in [0.3, 0.4) is 0 Å². The largest absolute Gasteiger partial charge is 0.379 e. The first-order chi connectivity index (χ1) is 12.4. The number of rotatable bonds is 5. The van der Waals surface area contributed by atoms with Crippen LogP contribution in [0, 0.1) is 0 Å². The second kappa shape index (κ2) is 7.55. The van der Waals surface area contributed by atoms with E-state index in [0.29, 0.717) is 19.8 Å². The van der Waals surface area contributed by atoms with Crippen molar-refractivity contribution in [3.8, 4) is 0 Å². The minimum Gasteiger partial charge on any atom is -0.379 e. The molecule has 1 aliphatic rings. The molecule has 1 aliphatic heterocycles. The zero-order valence-electron chi connectivity index (χ0n) is 13.8. The SMILES string of the molecule is c1ccc(CO[C@@H]2COCC[C@H]2Nc2cnc3ccccc3n2)nc1. The van der Waals surface area contributed by atoms with Gasteiger partial charge in [0.2, 0.25) is 0 Å². The Hall–Kier alpha value is -2.57. The van der Waals surface area contributed by atoms with Gasteiger partial charge in [0.25, 0.3) is 0 Å². The van der Waals surface area contributed by atoms with E-state index in [0.717, 1.165) is 29.0 Å². The normalized spacial score (nSPS) is 20.5. The van der Waals surface area contributed by atoms with E-state index in [2.05, 4.69) is 20.3 Å². The Morgan fingerprint density at radius 2 is 1.96 bits per heavy atom. The van der Waals surface area contributed by atoms with Crippen LogP contribution in [-0.4, -0.2) is 40.3 Å². The molecule has 25 heavy (non-hydrogen) atoms. The molecule has 0 bridgehead atoms. The fourth-order valence-electron chi connectivity index (χ4n) is 2.93. The van der Waals surface area contributed by atoms with Crippen LogP contribution >= 0.6 is 0 Å². The Kier molecular flexibility index (Phi) is 4.81. The summed E-state index contributed by atoms with van der Waals surface area (Å²) in [5, 5.41) is 3.46. The van der Waals surface area contributed by atoms with Crippen LogP contribution in [0.15, 0.2) is 54.9 Å². The van der Waals surface area contributed by atoms with E-state index in [9.17, 15) is 0 Å². The van der Waals surface area contributed by atoms with Crippen LogP contribution in [0.5, 0.6) is 0 Å². The Bertz CT molecular complexity index is 828. The molecule has 0 radical (unpaired) electrons. The van der Waals surface area contributed by atoms with E-state index in [1.807, 2.05) is 42.5 Å². The second-order valence-corrected chi connectivity index (χ2v) is 6.03. The van der Waals surface area contributed by atoms with Gasteiger partial charge in [-0.25, -0.2) is 4.98 Å². The van der Waals surface area contributed by atoms with Gasteiger partial charge in [0.1, 0.15) is 11.9 Å². The van der Waals surface area contributed by atoms with Crippen molar-refractivity contribution in [2.45, 2.75) is 25.2 Å². The van der Waals surface area contributed by atoms with E-state index in [1.165, 1.54) is 0 Å². The highest BCUT2D eigenvalue weighted by Gasteiger charge is 2.27. The average molecular weight is 336 g/mol. The number of nitrogens with one attached hydrogen (secondary N) is 1. The average Bonchev–Trinajstić information content (AvgIpc) is 2.68. The maximum Gasteiger partial charge on any atom is 0.145 e. The third kappa shape index (κ3) is 3.92. The van der Waals surface area contributed by atoms with E-state index >= 15 is 0 Å². The Balaban J connectivity index is 1.44. The van der Waals surface area contributed by atoms with Crippen molar-refractivity contribution in [1.82, 2.24) is 15.0 Å². The summed E-state index contributed by atoms with van der Waals surface area (Å²) in [6.45, 7) is 1.74. The molecule has 0 unspecified atom stereocenters. The number of para-hydroxylation sites is 2. The van der Waals surface area contributed by atoms with E-state index in [1.54, 1.807) is 12.4 Å². The summed E-state index contributed by atoms with van der Waals surface area (Å²) in [4.78, 5) is 13.4. The minimum atomic E-state index is -0.0518. The summed E-state index contributed by atoms with van der Waals surface area (Å²) in [7, 11) is 0. The van der Waals surface area contributed by atoms with E-state index in [-0.39, 0.29) is 12.1 Å². The lowest BCUT2D eigenvalue weighted by atomic mass is 10.1. The standard InChI is InChI=1S/C19H20N4O2/c1-2-7-16-15(6-1)21-11-19(22-16)23-17-8-10-24-13-18(17)25-12-14-5-3-4-9-20-14/h1-7,9,11,17-18H,8,10,12-13H2,(H,22,23)/t17-,18-/m1/s1. The third-order valence-electron chi connectivity index (χ3n) is 4.26. The maximum atomic E-state index is 6.04. The second-order valence-electron chi connectivity index (χ2n) is 6.03. The van der Waals surface area contributed by atoms with Crippen molar-refractivity contribution in [2.75, 3.05) is 18.5 Å². The first kappa shape index (κ1) is 15.9. The molecular weight excluding hydrogens is 316 g/mol. The summed E-state index contributed by atoms with van der Waals surface area (Å²) in [5.41, 5.74) is 2.69. The highest BCUT2D eigenvalue weighted by Crippen LogP contribution is 2.19. The lowest BCUT2D eigenvalue weighted by molar-refractivity contribution is -0.0645. The van der Waals surface area contributed by atoms with Crippen LogP contribution in [0.25, 0.3) is 11.0 Å². The molecular formula is C19H20N4O2. The molecule has 2 aromatic heterocycles. The fraction of sp³-hybridized carbons (Fsp3) is 0.316. The Labute approximate surface area is 146 Å². The minimum absolute atomic E-state index is 0.0518. The van der Waals surface area contributed by atoms with Gasteiger partial charge in [0, 0.05) is 12.8 Å². The first-order valence-corrected chi connectivity index (χ1v) is 8.46. The number of aromatic nitrogens is 3. The number of hydrogen-bond donors (Lipinski definition) is 1. The number of benzene rings is 1. The zero-order valence-corrected chi connectivity index (χ0v) is 13.8. The van der Waals surface area contributed by atoms with Crippen molar-refractivity contribution in [3.63, 3.8) is 0 Å². The molecule has 0 aliphatic carbocycles. The molecule has 3 aromatic rings. The van der Waals surface area contributed by atoms with Crippen molar-refractivity contribution < 1.29 is 9.47 Å². The van der Waals surface area contributed by atoms with Crippen molar-refractivity contribution >= 4 is 16.9 Å². The summed E-state index contributed by atoms with van der Waals surface area (Å²) >= 11 is 0. The van der Waals surface area contributed by atoms with Crippen LogP contribution < -0.4 is 5.32 Å². The number of fused-ring (bicyclic) bond motifs is 1. The molecule has 1 aromatic carbocycles. The predicted molar refractivity (Wildman–Crippen MR) is 95.2 cm³/mol. The first-order valence-electron chi connectivity index (χ1n) is 8.46. The highest BCUT2D eigenvalue weighted by molar-refractivity contribution is 5.75. The molecule has 0 amide bonds. The Morgan fingerprint density at radius 1 is 1.08 bits per heavy atom.